The Balaban J connectivity index is 1.59. The van der Waals surface area contributed by atoms with E-state index in [0.717, 1.165) is 18.5 Å². The number of nitrogens with one attached hydrogen (secondary N) is 3. The summed E-state index contributed by atoms with van der Waals surface area (Å²) in [4.78, 5) is 39.6. The predicted molar refractivity (Wildman–Crippen MR) is 95.9 cm³/mol. The molecule has 2 amide bonds. The number of benzene rings is 1. The number of ether oxygens (including phenoxy) is 1. The van der Waals surface area contributed by atoms with Gasteiger partial charge in [0.05, 0.1) is 5.69 Å². The van der Waals surface area contributed by atoms with Crippen LogP contribution in [0.4, 0.5) is 11.4 Å². The Morgan fingerprint density at radius 2 is 2.08 bits per heavy atom. The Hall–Kier alpha value is -3.09. The first-order chi connectivity index (χ1) is 12.4. The van der Waals surface area contributed by atoms with Crippen molar-refractivity contribution in [1.82, 2.24) is 4.98 Å². The second-order valence-electron chi connectivity index (χ2n) is 6.67. The summed E-state index contributed by atoms with van der Waals surface area (Å²) in [5.74, 6) is 0.0995. The summed E-state index contributed by atoms with van der Waals surface area (Å²) < 4.78 is 5.51. The number of aromatic nitrogens is 1. The SMILES string of the molecule is Cc1c(C(=O)Nc2ccc3c(c2)NC(=O)[C@H](C)O3)[nH]c2c1C(=O)CCC2. The van der Waals surface area contributed by atoms with Crippen LogP contribution in [0.25, 0.3) is 0 Å². The Kier molecular flexibility index (Phi) is 3.79. The number of anilines is 2. The minimum Gasteiger partial charge on any atom is -0.479 e. The highest BCUT2D eigenvalue weighted by Crippen LogP contribution is 2.33. The van der Waals surface area contributed by atoms with Crippen LogP contribution in [-0.2, 0) is 11.2 Å². The molecule has 0 saturated heterocycles. The number of carbonyl (C=O) groups excluding carboxylic acids is 3. The zero-order valence-electron chi connectivity index (χ0n) is 14.6. The number of H-pyrrole nitrogens is 1. The lowest BCUT2D eigenvalue weighted by Gasteiger charge is -2.23. The molecule has 0 spiro atoms. The molecule has 1 aromatic carbocycles. The Bertz CT molecular complexity index is 945. The first-order valence-electron chi connectivity index (χ1n) is 8.61. The van der Waals surface area contributed by atoms with Crippen molar-refractivity contribution in [1.29, 1.82) is 0 Å². The van der Waals surface area contributed by atoms with Crippen LogP contribution in [0.5, 0.6) is 5.75 Å². The molecule has 1 aromatic heterocycles. The highest BCUT2D eigenvalue weighted by Gasteiger charge is 2.27. The van der Waals surface area contributed by atoms with Gasteiger partial charge in [-0.15, -0.1) is 0 Å². The predicted octanol–water partition coefficient (Wildman–Crippen LogP) is 2.81. The van der Waals surface area contributed by atoms with Crippen LogP contribution in [-0.4, -0.2) is 28.7 Å². The molecule has 0 unspecified atom stereocenters. The lowest BCUT2D eigenvalue weighted by molar-refractivity contribution is -0.122. The van der Waals surface area contributed by atoms with Crippen molar-refractivity contribution in [2.45, 2.75) is 39.2 Å². The summed E-state index contributed by atoms with van der Waals surface area (Å²) in [7, 11) is 0. The molecular weight excluding hydrogens is 334 g/mol. The topological polar surface area (TPSA) is 100 Å². The number of hydrogen-bond acceptors (Lipinski definition) is 4. The van der Waals surface area contributed by atoms with Gasteiger partial charge in [0.1, 0.15) is 11.4 Å². The van der Waals surface area contributed by atoms with Gasteiger partial charge in [-0.25, -0.2) is 0 Å². The number of Topliss-reactive ketones (excluding diaryl/α,β-unsaturated/α-hetero) is 1. The summed E-state index contributed by atoms with van der Waals surface area (Å²) >= 11 is 0. The zero-order chi connectivity index (χ0) is 18.4. The highest BCUT2D eigenvalue weighted by molar-refractivity contribution is 6.09. The van der Waals surface area contributed by atoms with Crippen LogP contribution >= 0.6 is 0 Å². The number of aryl methyl sites for hydroxylation is 1. The molecule has 2 aliphatic rings. The minimum atomic E-state index is -0.548. The molecule has 1 aliphatic heterocycles. The van der Waals surface area contributed by atoms with Crippen molar-refractivity contribution in [3.63, 3.8) is 0 Å². The minimum absolute atomic E-state index is 0.0850. The maximum Gasteiger partial charge on any atom is 0.272 e. The molecule has 134 valence electrons. The monoisotopic (exact) mass is 353 g/mol. The van der Waals surface area contributed by atoms with E-state index in [1.165, 1.54) is 0 Å². The highest BCUT2D eigenvalue weighted by atomic mass is 16.5. The van der Waals surface area contributed by atoms with Crippen LogP contribution in [0.1, 0.15) is 51.9 Å². The van der Waals surface area contributed by atoms with Crippen LogP contribution in [0, 0.1) is 6.92 Å². The number of carbonyl (C=O) groups is 3. The van der Waals surface area contributed by atoms with Crippen molar-refractivity contribution < 1.29 is 19.1 Å². The largest absolute Gasteiger partial charge is 0.479 e. The molecule has 7 nitrogen and oxygen atoms in total. The number of aromatic amines is 1. The van der Waals surface area contributed by atoms with Crippen molar-refractivity contribution >= 4 is 29.0 Å². The third kappa shape index (κ3) is 2.65. The van der Waals surface area contributed by atoms with E-state index in [0.29, 0.717) is 40.4 Å². The molecule has 1 atom stereocenters. The Labute approximate surface area is 150 Å². The quantitative estimate of drug-likeness (QED) is 0.773. The molecule has 0 bridgehead atoms. The second-order valence-corrected chi connectivity index (χ2v) is 6.67. The fraction of sp³-hybridized carbons (Fsp3) is 0.316. The van der Waals surface area contributed by atoms with E-state index in [1.807, 2.05) is 0 Å². The van der Waals surface area contributed by atoms with E-state index in [-0.39, 0.29) is 17.6 Å². The average molecular weight is 353 g/mol. The first-order valence-corrected chi connectivity index (χ1v) is 8.61. The second kappa shape index (κ2) is 6.01. The van der Waals surface area contributed by atoms with Gasteiger partial charge in [-0.2, -0.15) is 0 Å². The number of fused-ring (bicyclic) bond motifs is 2. The van der Waals surface area contributed by atoms with Crippen LogP contribution in [0.15, 0.2) is 18.2 Å². The molecule has 0 radical (unpaired) electrons. The Morgan fingerprint density at radius 1 is 1.27 bits per heavy atom. The van der Waals surface area contributed by atoms with Gasteiger partial charge in [-0.1, -0.05) is 0 Å². The summed E-state index contributed by atoms with van der Waals surface area (Å²) in [5, 5.41) is 5.56. The standard InChI is InChI=1S/C19H19N3O4/c1-9-16-12(4-3-5-14(16)23)21-17(9)19(25)20-11-6-7-15-13(8-11)22-18(24)10(2)26-15/h6-8,10,21H,3-5H2,1-2H3,(H,20,25)(H,22,24)/t10-/m0/s1. The molecule has 0 fully saturated rings. The van der Waals surface area contributed by atoms with Crippen LogP contribution in [0.3, 0.4) is 0 Å². The van der Waals surface area contributed by atoms with E-state index in [2.05, 4.69) is 15.6 Å². The van der Waals surface area contributed by atoms with E-state index >= 15 is 0 Å². The Morgan fingerprint density at radius 3 is 2.85 bits per heavy atom. The van der Waals surface area contributed by atoms with Crippen LogP contribution in [0.2, 0.25) is 0 Å². The van der Waals surface area contributed by atoms with Gasteiger partial charge in [0, 0.05) is 23.4 Å². The van der Waals surface area contributed by atoms with Gasteiger partial charge in [0.2, 0.25) is 0 Å². The van der Waals surface area contributed by atoms with Crippen LogP contribution < -0.4 is 15.4 Å². The van der Waals surface area contributed by atoms with E-state index in [4.69, 9.17) is 4.74 Å². The molecule has 1 aliphatic carbocycles. The molecule has 0 saturated carbocycles. The molecule has 2 aromatic rings. The van der Waals surface area contributed by atoms with E-state index < -0.39 is 6.10 Å². The summed E-state index contributed by atoms with van der Waals surface area (Å²) in [5.41, 5.74) is 3.63. The zero-order valence-corrected chi connectivity index (χ0v) is 14.6. The maximum atomic E-state index is 12.7. The van der Waals surface area contributed by atoms with Crippen molar-refractivity contribution in [2.75, 3.05) is 10.6 Å². The third-order valence-corrected chi connectivity index (χ3v) is 4.83. The average Bonchev–Trinajstić information content (AvgIpc) is 2.94. The molecule has 7 heteroatoms. The smallest absolute Gasteiger partial charge is 0.272 e. The normalized spacial score (nSPS) is 18.5. The van der Waals surface area contributed by atoms with E-state index in [9.17, 15) is 14.4 Å². The summed E-state index contributed by atoms with van der Waals surface area (Å²) in [6.07, 6.45) is 1.55. The third-order valence-electron chi connectivity index (χ3n) is 4.83. The lowest BCUT2D eigenvalue weighted by atomic mass is 9.94. The van der Waals surface area contributed by atoms with Gasteiger partial charge in [-0.3, -0.25) is 14.4 Å². The summed E-state index contributed by atoms with van der Waals surface area (Å²) in [6, 6.07) is 5.07. The molecule has 3 N–H and O–H groups in total. The van der Waals surface area contributed by atoms with Gasteiger partial charge in [-0.05, 0) is 50.5 Å². The van der Waals surface area contributed by atoms with Gasteiger partial charge in [0.15, 0.2) is 11.9 Å². The molecule has 4 rings (SSSR count). The number of rotatable bonds is 2. The number of hydrogen-bond donors (Lipinski definition) is 3. The van der Waals surface area contributed by atoms with Gasteiger partial charge < -0.3 is 20.4 Å². The number of amides is 2. The van der Waals surface area contributed by atoms with Crippen molar-refractivity contribution in [3.05, 3.63) is 40.7 Å². The molecule has 26 heavy (non-hydrogen) atoms. The van der Waals surface area contributed by atoms with Gasteiger partial charge in [0.25, 0.3) is 11.8 Å². The fourth-order valence-corrected chi connectivity index (χ4v) is 3.48. The lowest BCUT2D eigenvalue weighted by Crippen LogP contribution is -2.34. The van der Waals surface area contributed by atoms with Crippen molar-refractivity contribution in [3.8, 4) is 5.75 Å². The van der Waals surface area contributed by atoms with E-state index in [1.54, 1.807) is 32.0 Å². The maximum absolute atomic E-state index is 12.7. The van der Waals surface area contributed by atoms with Gasteiger partial charge >= 0.3 is 0 Å². The number of ketones is 1. The molecular formula is C19H19N3O4. The molecule has 2 heterocycles. The van der Waals surface area contributed by atoms with Crippen molar-refractivity contribution in [2.24, 2.45) is 0 Å². The first kappa shape index (κ1) is 16.4. The fourth-order valence-electron chi connectivity index (χ4n) is 3.48. The summed E-state index contributed by atoms with van der Waals surface area (Å²) in [6.45, 7) is 3.46.